The number of benzene rings is 1. The van der Waals surface area contributed by atoms with Crippen molar-refractivity contribution in [1.29, 1.82) is 0 Å². The summed E-state index contributed by atoms with van der Waals surface area (Å²) in [5.74, 6) is 0.691. The molecule has 0 aliphatic carbocycles. The number of hydrogen-bond acceptors (Lipinski definition) is 3. The van der Waals surface area contributed by atoms with Crippen molar-refractivity contribution in [3.8, 4) is 0 Å². The van der Waals surface area contributed by atoms with Crippen LogP contribution in [-0.2, 0) is 11.3 Å². The summed E-state index contributed by atoms with van der Waals surface area (Å²) < 4.78 is 5.19. The molecule has 1 aliphatic rings. The molecule has 0 unspecified atom stereocenters. The van der Waals surface area contributed by atoms with Gasteiger partial charge in [-0.25, -0.2) is 4.79 Å². The fourth-order valence-corrected chi connectivity index (χ4v) is 2.80. The molecular formula is C18H21N3O3. The van der Waals surface area contributed by atoms with Gasteiger partial charge in [0.2, 0.25) is 5.91 Å². The van der Waals surface area contributed by atoms with Crippen molar-refractivity contribution >= 4 is 17.6 Å². The molecule has 0 bridgehead atoms. The number of hydrogen-bond donors (Lipinski definition) is 2. The number of para-hydroxylation sites is 1. The van der Waals surface area contributed by atoms with E-state index >= 15 is 0 Å². The number of piperidine rings is 1. The van der Waals surface area contributed by atoms with Gasteiger partial charge < -0.3 is 20.0 Å². The predicted octanol–water partition coefficient (Wildman–Crippen LogP) is 2.84. The summed E-state index contributed by atoms with van der Waals surface area (Å²) in [4.78, 5) is 26.2. The molecule has 1 aromatic heterocycles. The summed E-state index contributed by atoms with van der Waals surface area (Å²) in [6, 6.07) is 12.9. The van der Waals surface area contributed by atoms with E-state index in [4.69, 9.17) is 4.42 Å². The smallest absolute Gasteiger partial charge is 0.317 e. The van der Waals surface area contributed by atoms with E-state index in [0.29, 0.717) is 32.5 Å². The van der Waals surface area contributed by atoms with Crippen LogP contribution in [0.5, 0.6) is 0 Å². The number of amides is 3. The summed E-state index contributed by atoms with van der Waals surface area (Å²) in [7, 11) is 0. The molecule has 3 rings (SSSR count). The third-order valence-corrected chi connectivity index (χ3v) is 4.19. The van der Waals surface area contributed by atoms with Crippen LogP contribution in [0.3, 0.4) is 0 Å². The number of carbonyl (C=O) groups excluding carboxylic acids is 2. The van der Waals surface area contributed by atoms with Crippen LogP contribution >= 0.6 is 0 Å². The van der Waals surface area contributed by atoms with E-state index in [-0.39, 0.29) is 17.9 Å². The lowest BCUT2D eigenvalue weighted by Crippen LogP contribution is -2.45. The van der Waals surface area contributed by atoms with Crippen LogP contribution in [0.4, 0.5) is 10.5 Å². The fraction of sp³-hybridized carbons (Fsp3) is 0.333. The molecule has 1 saturated heterocycles. The molecule has 2 aromatic rings. The van der Waals surface area contributed by atoms with E-state index in [2.05, 4.69) is 10.6 Å². The minimum Gasteiger partial charge on any atom is -0.467 e. The Morgan fingerprint density at radius 3 is 2.50 bits per heavy atom. The highest BCUT2D eigenvalue weighted by molar-refractivity contribution is 5.92. The van der Waals surface area contributed by atoms with Crippen molar-refractivity contribution < 1.29 is 14.0 Å². The largest absolute Gasteiger partial charge is 0.467 e. The number of furan rings is 1. The van der Waals surface area contributed by atoms with E-state index in [1.807, 2.05) is 36.4 Å². The second kappa shape index (κ2) is 7.68. The number of anilines is 1. The van der Waals surface area contributed by atoms with Gasteiger partial charge in [0.15, 0.2) is 0 Å². The van der Waals surface area contributed by atoms with Gasteiger partial charge in [0.1, 0.15) is 5.76 Å². The van der Waals surface area contributed by atoms with E-state index in [1.54, 1.807) is 17.2 Å². The third kappa shape index (κ3) is 4.16. The first-order valence-corrected chi connectivity index (χ1v) is 8.13. The standard InChI is InChI=1S/C18H21N3O3/c22-17(20-15-5-2-1-3-6-15)14-8-10-21(11-9-14)18(23)19-13-16-7-4-12-24-16/h1-7,12,14H,8-11,13H2,(H,19,23)(H,20,22). The van der Waals surface area contributed by atoms with Gasteiger partial charge in [0.05, 0.1) is 12.8 Å². The van der Waals surface area contributed by atoms with Crippen LogP contribution in [0.1, 0.15) is 18.6 Å². The van der Waals surface area contributed by atoms with E-state index in [9.17, 15) is 9.59 Å². The maximum absolute atomic E-state index is 12.3. The molecule has 1 aromatic carbocycles. The van der Waals surface area contributed by atoms with Crippen LogP contribution in [0.2, 0.25) is 0 Å². The number of rotatable bonds is 4. The molecule has 126 valence electrons. The molecule has 24 heavy (non-hydrogen) atoms. The molecule has 2 heterocycles. The Morgan fingerprint density at radius 1 is 1.08 bits per heavy atom. The van der Waals surface area contributed by atoms with Crippen molar-refractivity contribution in [2.45, 2.75) is 19.4 Å². The summed E-state index contributed by atoms with van der Waals surface area (Å²) in [6.07, 6.45) is 2.93. The molecule has 3 amide bonds. The first kappa shape index (κ1) is 16.1. The molecule has 6 nitrogen and oxygen atoms in total. The van der Waals surface area contributed by atoms with Crippen molar-refractivity contribution in [1.82, 2.24) is 10.2 Å². The minimum atomic E-state index is -0.117. The lowest BCUT2D eigenvalue weighted by Gasteiger charge is -2.31. The van der Waals surface area contributed by atoms with Crippen molar-refractivity contribution in [2.75, 3.05) is 18.4 Å². The molecule has 0 saturated carbocycles. The summed E-state index contributed by atoms with van der Waals surface area (Å²) in [5.41, 5.74) is 0.807. The quantitative estimate of drug-likeness (QED) is 0.907. The number of likely N-dealkylation sites (tertiary alicyclic amines) is 1. The average molecular weight is 327 g/mol. The van der Waals surface area contributed by atoms with Gasteiger partial charge in [-0.05, 0) is 37.1 Å². The molecule has 1 fully saturated rings. The Kier molecular flexibility index (Phi) is 5.15. The normalized spacial score (nSPS) is 15.1. The lowest BCUT2D eigenvalue weighted by atomic mass is 9.96. The molecule has 0 radical (unpaired) electrons. The molecule has 6 heteroatoms. The first-order valence-electron chi connectivity index (χ1n) is 8.13. The Morgan fingerprint density at radius 2 is 1.83 bits per heavy atom. The van der Waals surface area contributed by atoms with Crippen molar-refractivity contribution in [3.63, 3.8) is 0 Å². The van der Waals surface area contributed by atoms with E-state index in [0.717, 1.165) is 11.4 Å². The third-order valence-electron chi connectivity index (χ3n) is 4.19. The maximum atomic E-state index is 12.3. The zero-order valence-corrected chi connectivity index (χ0v) is 13.4. The number of nitrogens with zero attached hydrogens (tertiary/aromatic N) is 1. The number of carbonyl (C=O) groups is 2. The highest BCUT2D eigenvalue weighted by Gasteiger charge is 2.27. The molecule has 1 aliphatic heterocycles. The zero-order chi connectivity index (χ0) is 16.8. The van der Waals surface area contributed by atoms with E-state index < -0.39 is 0 Å². The second-order valence-corrected chi connectivity index (χ2v) is 5.85. The SMILES string of the molecule is O=C(Nc1ccccc1)C1CCN(C(=O)NCc2ccco2)CC1. The predicted molar refractivity (Wildman–Crippen MR) is 90.3 cm³/mol. The summed E-state index contributed by atoms with van der Waals surface area (Å²) in [5, 5.41) is 5.76. The van der Waals surface area contributed by atoms with Gasteiger partial charge in [-0.3, -0.25) is 4.79 Å². The summed E-state index contributed by atoms with van der Waals surface area (Å²) >= 11 is 0. The number of nitrogens with one attached hydrogen (secondary N) is 2. The average Bonchev–Trinajstić information content (AvgIpc) is 3.14. The van der Waals surface area contributed by atoms with E-state index in [1.165, 1.54) is 0 Å². The van der Waals surface area contributed by atoms with Gasteiger partial charge in [0.25, 0.3) is 0 Å². The Bertz CT molecular complexity index is 662. The van der Waals surface area contributed by atoms with Gasteiger partial charge in [-0.2, -0.15) is 0 Å². The monoisotopic (exact) mass is 327 g/mol. The number of urea groups is 1. The molecular weight excluding hydrogens is 306 g/mol. The van der Waals surface area contributed by atoms with Crippen LogP contribution in [0, 0.1) is 5.92 Å². The summed E-state index contributed by atoms with van der Waals surface area (Å²) in [6.45, 7) is 1.54. The van der Waals surface area contributed by atoms with Gasteiger partial charge in [-0.15, -0.1) is 0 Å². The van der Waals surface area contributed by atoms with Gasteiger partial charge in [0, 0.05) is 24.7 Å². The van der Waals surface area contributed by atoms with Crippen LogP contribution in [0.25, 0.3) is 0 Å². The van der Waals surface area contributed by atoms with Crippen LogP contribution in [0.15, 0.2) is 53.1 Å². The molecule has 2 N–H and O–H groups in total. The van der Waals surface area contributed by atoms with Crippen LogP contribution < -0.4 is 10.6 Å². The van der Waals surface area contributed by atoms with Crippen molar-refractivity contribution in [3.05, 3.63) is 54.5 Å². The Balaban J connectivity index is 1.43. The highest BCUT2D eigenvalue weighted by Crippen LogP contribution is 2.19. The van der Waals surface area contributed by atoms with Crippen molar-refractivity contribution in [2.24, 2.45) is 5.92 Å². The van der Waals surface area contributed by atoms with Gasteiger partial charge >= 0.3 is 6.03 Å². The van der Waals surface area contributed by atoms with Gasteiger partial charge in [-0.1, -0.05) is 18.2 Å². The molecule has 0 spiro atoms. The Hall–Kier alpha value is -2.76. The second-order valence-electron chi connectivity index (χ2n) is 5.85. The first-order chi connectivity index (χ1) is 11.7. The Labute approximate surface area is 140 Å². The molecule has 0 atom stereocenters. The highest BCUT2D eigenvalue weighted by atomic mass is 16.3. The topological polar surface area (TPSA) is 74.6 Å². The zero-order valence-electron chi connectivity index (χ0n) is 13.4. The maximum Gasteiger partial charge on any atom is 0.317 e. The van der Waals surface area contributed by atoms with Crippen LogP contribution in [-0.4, -0.2) is 29.9 Å². The fourth-order valence-electron chi connectivity index (χ4n) is 2.80. The lowest BCUT2D eigenvalue weighted by molar-refractivity contribution is -0.121. The minimum absolute atomic E-state index is 0.0249.